The van der Waals surface area contributed by atoms with Gasteiger partial charge < -0.3 is 25.4 Å². The summed E-state index contributed by atoms with van der Waals surface area (Å²) in [5.41, 5.74) is 0. The predicted octanol–water partition coefficient (Wildman–Crippen LogP) is -1.35. The van der Waals surface area contributed by atoms with E-state index in [9.17, 15) is 9.90 Å². The van der Waals surface area contributed by atoms with Gasteiger partial charge in [-0.3, -0.25) is 4.79 Å². The number of nitrogens with zero attached hydrogens (tertiary/aromatic N) is 1. The molecule has 0 fully saturated rings. The lowest BCUT2D eigenvalue weighted by atomic mass is 10.2. The summed E-state index contributed by atoms with van der Waals surface area (Å²) < 4.78 is 4.83. The topological polar surface area (TPSA) is 73.8 Å². The van der Waals surface area contributed by atoms with E-state index in [0.717, 1.165) is 0 Å². The standard InChI is InChI=1S/C11H25N3O3/c1-9(11(16)12-5-6-17-4)13-7-10(15)8-14(2)3/h9-10,13,15H,5-8H2,1-4H3,(H,12,16). The zero-order valence-corrected chi connectivity index (χ0v) is 11.2. The summed E-state index contributed by atoms with van der Waals surface area (Å²) in [5, 5.41) is 15.3. The second kappa shape index (κ2) is 9.35. The molecular weight excluding hydrogens is 222 g/mol. The number of nitrogens with one attached hydrogen (secondary N) is 2. The Kier molecular flexibility index (Phi) is 8.97. The number of rotatable bonds is 9. The van der Waals surface area contributed by atoms with E-state index in [1.54, 1.807) is 14.0 Å². The molecule has 2 atom stereocenters. The average Bonchev–Trinajstić information content (AvgIpc) is 2.25. The summed E-state index contributed by atoms with van der Waals surface area (Å²) >= 11 is 0. The van der Waals surface area contributed by atoms with Crippen molar-refractivity contribution < 1.29 is 14.6 Å². The van der Waals surface area contributed by atoms with Gasteiger partial charge in [0, 0.05) is 26.7 Å². The van der Waals surface area contributed by atoms with Gasteiger partial charge in [-0.15, -0.1) is 0 Å². The molecule has 0 aliphatic rings. The van der Waals surface area contributed by atoms with Gasteiger partial charge in [-0.25, -0.2) is 0 Å². The molecule has 0 heterocycles. The van der Waals surface area contributed by atoms with E-state index in [0.29, 0.717) is 26.2 Å². The van der Waals surface area contributed by atoms with Gasteiger partial charge in [0.15, 0.2) is 0 Å². The van der Waals surface area contributed by atoms with Crippen molar-refractivity contribution in [1.29, 1.82) is 0 Å². The van der Waals surface area contributed by atoms with Crippen molar-refractivity contribution in [3.8, 4) is 0 Å². The van der Waals surface area contributed by atoms with Gasteiger partial charge in [-0.1, -0.05) is 0 Å². The van der Waals surface area contributed by atoms with Crippen molar-refractivity contribution in [2.75, 3.05) is 47.4 Å². The van der Waals surface area contributed by atoms with Crippen LogP contribution in [0.1, 0.15) is 6.92 Å². The third-order valence-electron chi connectivity index (χ3n) is 2.23. The molecule has 6 nitrogen and oxygen atoms in total. The molecule has 1 amide bonds. The molecule has 102 valence electrons. The fourth-order valence-electron chi connectivity index (χ4n) is 1.32. The van der Waals surface area contributed by atoms with Crippen molar-refractivity contribution in [2.24, 2.45) is 0 Å². The molecular formula is C11H25N3O3. The summed E-state index contributed by atoms with van der Waals surface area (Å²) in [6.07, 6.45) is -0.473. The van der Waals surface area contributed by atoms with Gasteiger partial charge >= 0.3 is 0 Å². The predicted molar refractivity (Wildman–Crippen MR) is 66.9 cm³/mol. The summed E-state index contributed by atoms with van der Waals surface area (Å²) in [6.45, 7) is 3.75. The van der Waals surface area contributed by atoms with Crippen LogP contribution in [0.15, 0.2) is 0 Å². The molecule has 0 saturated heterocycles. The van der Waals surface area contributed by atoms with Crippen LogP contribution in [0.2, 0.25) is 0 Å². The van der Waals surface area contributed by atoms with Crippen LogP contribution in [0.4, 0.5) is 0 Å². The Balaban J connectivity index is 3.69. The highest BCUT2D eigenvalue weighted by Gasteiger charge is 2.13. The number of hydrogen-bond acceptors (Lipinski definition) is 5. The fraction of sp³-hybridized carbons (Fsp3) is 0.909. The van der Waals surface area contributed by atoms with Crippen molar-refractivity contribution in [3.05, 3.63) is 0 Å². The normalized spacial score (nSPS) is 14.7. The van der Waals surface area contributed by atoms with Crippen molar-refractivity contribution in [3.63, 3.8) is 0 Å². The highest BCUT2D eigenvalue weighted by Crippen LogP contribution is 1.87. The Morgan fingerprint density at radius 3 is 2.65 bits per heavy atom. The highest BCUT2D eigenvalue weighted by atomic mass is 16.5. The van der Waals surface area contributed by atoms with E-state index >= 15 is 0 Å². The van der Waals surface area contributed by atoms with Gasteiger partial charge in [0.25, 0.3) is 0 Å². The number of carbonyl (C=O) groups is 1. The summed E-state index contributed by atoms with van der Waals surface area (Å²) in [6, 6.07) is -0.316. The quantitative estimate of drug-likeness (QED) is 0.439. The number of carbonyl (C=O) groups excluding carboxylic acids is 1. The van der Waals surface area contributed by atoms with Crippen LogP contribution in [-0.4, -0.2) is 75.5 Å². The second-order valence-electron chi connectivity index (χ2n) is 4.33. The minimum Gasteiger partial charge on any atom is -0.390 e. The van der Waals surface area contributed by atoms with Gasteiger partial charge in [0.2, 0.25) is 5.91 Å². The van der Waals surface area contributed by atoms with Gasteiger partial charge in [-0.05, 0) is 21.0 Å². The van der Waals surface area contributed by atoms with E-state index in [1.165, 1.54) is 0 Å². The molecule has 0 aliphatic heterocycles. The summed E-state index contributed by atoms with van der Waals surface area (Å²) in [7, 11) is 5.37. The Morgan fingerprint density at radius 2 is 2.12 bits per heavy atom. The number of aliphatic hydroxyl groups is 1. The third kappa shape index (κ3) is 9.05. The number of hydrogen-bond donors (Lipinski definition) is 3. The molecule has 6 heteroatoms. The molecule has 0 rings (SSSR count). The monoisotopic (exact) mass is 247 g/mol. The maximum atomic E-state index is 11.5. The smallest absolute Gasteiger partial charge is 0.236 e. The summed E-state index contributed by atoms with van der Waals surface area (Å²) in [4.78, 5) is 13.4. The Labute approximate surface area is 103 Å². The molecule has 3 N–H and O–H groups in total. The molecule has 2 unspecified atom stereocenters. The average molecular weight is 247 g/mol. The first-order valence-electron chi connectivity index (χ1n) is 5.80. The number of methoxy groups -OCH3 is 1. The third-order valence-corrected chi connectivity index (χ3v) is 2.23. The van der Waals surface area contributed by atoms with E-state index in [2.05, 4.69) is 10.6 Å². The largest absolute Gasteiger partial charge is 0.390 e. The lowest BCUT2D eigenvalue weighted by Gasteiger charge is -2.19. The van der Waals surface area contributed by atoms with Crippen LogP contribution < -0.4 is 10.6 Å². The van der Waals surface area contributed by atoms with Crippen molar-refractivity contribution in [2.45, 2.75) is 19.1 Å². The number of ether oxygens (including phenoxy) is 1. The zero-order chi connectivity index (χ0) is 13.3. The molecule has 0 bridgehead atoms. The first-order chi connectivity index (χ1) is 7.97. The van der Waals surface area contributed by atoms with E-state index < -0.39 is 6.10 Å². The van der Waals surface area contributed by atoms with Crippen molar-refractivity contribution >= 4 is 5.91 Å². The van der Waals surface area contributed by atoms with Crippen LogP contribution in [-0.2, 0) is 9.53 Å². The number of likely N-dealkylation sites (N-methyl/N-ethyl adjacent to an activating group) is 1. The minimum atomic E-state index is -0.473. The first kappa shape index (κ1) is 16.3. The second-order valence-corrected chi connectivity index (χ2v) is 4.33. The van der Waals surface area contributed by atoms with Gasteiger partial charge in [-0.2, -0.15) is 0 Å². The Hall–Kier alpha value is -0.690. The maximum Gasteiger partial charge on any atom is 0.236 e. The molecule has 0 aromatic carbocycles. The lowest BCUT2D eigenvalue weighted by Crippen LogP contribution is -2.46. The van der Waals surface area contributed by atoms with E-state index in [1.807, 2.05) is 19.0 Å². The molecule has 0 saturated carbocycles. The molecule has 0 radical (unpaired) electrons. The van der Waals surface area contributed by atoms with Crippen molar-refractivity contribution in [1.82, 2.24) is 15.5 Å². The number of amides is 1. The maximum absolute atomic E-state index is 11.5. The lowest BCUT2D eigenvalue weighted by molar-refractivity contribution is -0.123. The van der Waals surface area contributed by atoms with Crippen LogP contribution in [0.3, 0.4) is 0 Å². The molecule has 0 aliphatic carbocycles. The van der Waals surface area contributed by atoms with Gasteiger partial charge in [0.1, 0.15) is 0 Å². The molecule has 0 spiro atoms. The van der Waals surface area contributed by atoms with E-state index in [4.69, 9.17) is 4.74 Å². The molecule has 0 aromatic heterocycles. The number of aliphatic hydroxyl groups excluding tert-OH is 1. The Morgan fingerprint density at radius 1 is 1.47 bits per heavy atom. The van der Waals surface area contributed by atoms with Crippen LogP contribution in [0, 0.1) is 0 Å². The first-order valence-corrected chi connectivity index (χ1v) is 5.80. The minimum absolute atomic E-state index is 0.0842. The Bertz CT molecular complexity index is 212. The zero-order valence-electron chi connectivity index (χ0n) is 11.2. The molecule has 0 aromatic rings. The SMILES string of the molecule is COCCNC(=O)C(C)NCC(O)CN(C)C. The van der Waals surface area contributed by atoms with Gasteiger partial charge in [0.05, 0.1) is 18.8 Å². The van der Waals surface area contributed by atoms with E-state index in [-0.39, 0.29) is 11.9 Å². The van der Waals surface area contributed by atoms with Crippen LogP contribution >= 0.6 is 0 Å². The highest BCUT2D eigenvalue weighted by molar-refractivity contribution is 5.81. The fourth-order valence-corrected chi connectivity index (χ4v) is 1.32. The summed E-state index contributed by atoms with van der Waals surface area (Å²) in [5.74, 6) is -0.0842. The molecule has 17 heavy (non-hydrogen) atoms. The van der Waals surface area contributed by atoms with Crippen LogP contribution in [0.5, 0.6) is 0 Å². The van der Waals surface area contributed by atoms with Crippen LogP contribution in [0.25, 0.3) is 0 Å².